The van der Waals surface area contributed by atoms with Crippen molar-refractivity contribution in [1.29, 1.82) is 0 Å². The Morgan fingerprint density at radius 3 is 1.32 bits per heavy atom. The molecule has 2 atom stereocenters. The van der Waals surface area contributed by atoms with Crippen LogP contribution in [0.1, 0.15) is 82.1 Å². The van der Waals surface area contributed by atoms with Crippen molar-refractivity contribution in [2.24, 2.45) is 0 Å². The summed E-state index contributed by atoms with van der Waals surface area (Å²) in [5.41, 5.74) is 7.84. The third-order valence-electron chi connectivity index (χ3n) is 13.5. The fraction of sp³-hybridized carbons (Fsp3) is 0.161. The number of methoxy groups -OCH3 is 2. The van der Waals surface area contributed by atoms with E-state index < -0.39 is 29.0 Å². The van der Waals surface area contributed by atoms with E-state index in [1.807, 2.05) is 95.6 Å². The SMILES string of the molecule is C=CC(=O)Oc1ccc2c(-c3c(OP4Oc5ccc(C(=O)C(=C)C)cc5Cc5cc(OC)cn54)cc(CC)c4cc(OC(=O)C=C)ccc34)c(OP3Oc4ccc(C(=O)C(=C)C)cc4Cc4cc(OC)cn43)cc(CC)c2c1. The van der Waals surface area contributed by atoms with Gasteiger partial charge in [0.05, 0.1) is 26.6 Å². The minimum Gasteiger partial charge on any atom is -0.495 e. The van der Waals surface area contributed by atoms with Gasteiger partial charge in [-0.05, 0) is 155 Å². The number of hydrogen-bond donors (Lipinski definition) is 0. The Kier molecular flexibility index (Phi) is 14.7. The average molecular weight is 1080 g/mol. The first-order chi connectivity index (χ1) is 37.6. The first kappa shape index (κ1) is 52.7. The Morgan fingerprint density at radius 2 is 0.962 bits per heavy atom. The highest BCUT2D eigenvalue weighted by molar-refractivity contribution is 7.46. The number of carbonyl (C=O) groups excluding carboxylic acids is 4. The number of esters is 2. The summed E-state index contributed by atoms with van der Waals surface area (Å²) in [6, 6.07) is 29.3. The van der Waals surface area contributed by atoms with Gasteiger partial charge in [0.15, 0.2) is 11.6 Å². The largest absolute Gasteiger partial charge is 0.495 e. The molecule has 0 radical (unpaired) electrons. The molecular weight excluding hydrogens is 1030 g/mol. The monoisotopic (exact) mass is 1080 g/mol. The number of nitrogens with zero attached hydrogens (tertiary/aromatic N) is 2. The van der Waals surface area contributed by atoms with E-state index in [-0.39, 0.29) is 11.6 Å². The molecule has 0 amide bonds. The summed E-state index contributed by atoms with van der Waals surface area (Å²) in [4.78, 5) is 51.9. The zero-order valence-electron chi connectivity index (χ0n) is 43.9. The molecule has 0 N–H and O–H groups in total. The topological polar surface area (TPSA) is 152 Å². The molecule has 0 fully saturated rings. The predicted octanol–water partition coefficient (Wildman–Crippen LogP) is 14.4. The fourth-order valence-electron chi connectivity index (χ4n) is 9.65. The summed E-state index contributed by atoms with van der Waals surface area (Å²) in [7, 11) is -1.00. The third kappa shape index (κ3) is 10.1. The molecule has 16 heteroatoms. The summed E-state index contributed by atoms with van der Waals surface area (Å²) in [5, 5.41) is 2.92. The summed E-state index contributed by atoms with van der Waals surface area (Å²) < 4.78 is 55.7. The number of allylic oxidation sites excluding steroid dienone is 2. The Labute approximate surface area is 453 Å². The van der Waals surface area contributed by atoms with Crippen molar-refractivity contribution in [2.75, 3.05) is 14.2 Å². The van der Waals surface area contributed by atoms with Crippen LogP contribution in [0.5, 0.6) is 46.0 Å². The molecule has 2 unspecified atom stereocenters. The fourth-order valence-corrected chi connectivity index (χ4v) is 12.5. The number of aromatic nitrogens is 2. The summed E-state index contributed by atoms with van der Waals surface area (Å²) in [5.74, 6) is 2.05. The number of rotatable bonds is 17. The van der Waals surface area contributed by atoms with Crippen LogP contribution in [0.15, 0.2) is 159 Å². The molecular formula is C62H54N2O12P2. The Bertz CT molecular complexity index is 3620. The van der Waals surface area contributed by atoms with Gasteiger partial charge in [0.25, 0.3) is 0 Å². The van der Waals surface area contributed by atoms with Crippen LogP contribution in [-0.2, 0) is 35.3 Å². The molecule has 8 aromatic rings. The molecule has 0 spiro atoms. The van der Waals surface area contributed by atoms with Crippen molar-refractivity contribution in [3.05, 3.63) is 204 Å². The van der Waals surface area contributed by atoms with Gasteiger partial charge in [-0.1, -0.05) is 40.2 Å². The van der Waals surface area contributed by atoms with Gasteiger partial charge in [0, 0.05) is 81.9 Å². The third-order valence-corrected chi connectivity index (χ3v) is 16.4. The van der Waals surface area contributed by atoms with Gasteiger partial charge in [-0.3, -0.25) is 18.3 Å². The molecule has 14 nitrogen and oxygen atoms in total. The van der Waals surface area contributed by atoms with E-state index in [1.54, 1.807) is 64.5 Å². The predicted molar refractivity (Wildman–Crippen MR) is 303 cm³/mol. The Hall–Kier alpha value is -8.70. The highest BCUT2D eigenvalue weighted by Gasteiger charge is 2.34. The van der Waals surface area contributed by atoms with Crippen LogP contribution >= 0.6 is 17.1 Å². The highest BCUT2D eigenvalue weighted by Crippen LogP contribution is 2.57. The van der Waals surface area contributed by atoms with Gasteiger partial charge in [-0.15, -0.1) is 0 Å². The molecule has 0 aliphatic carbocycles. The molecule has 6 aromatic carbocycles. The number of fused-ring (bicyclic) bond motifs is 6. The van der Waals surface area contributed by atoms with Crippen LogP contribution in [0, 0.1) is 0 Å². The lowest BCUT2D eigenvalue weighted by molar-refractivity contribution is -0.129. The van der Waals surface area contributed by atoms with E-state index in [2.05, 4.69) is 26.3 Å². The molecule has 0 saturated heterocycles. The summed E-state index contributed by atoms with van der Waals surface area (Å²) in [6.45, 7) is 22.4. The number of hydrogen-bond acceptors (Lipinski definition) is 12. The first-order valence-corrected chi connectivity index (χ1v) is 27.3. The van der Waals surface area contributed by atoms with E-state index in [0.29, 0.717) is 116 Å². The zero-order chi connectivity index (χ0) is 55.1. The lowest BCUT2D eigenvalue weighted by Crippen LogP contribution is -2.08. The first-order valence-electron chi connectivity index (χ1n) is 25.0. The molecule has 4 heterocycles. The molecule has 394 valence electrons. The van der Waals surface area contributed by atoms with E-state index in [1.165, 1.54) is 0 Å². The molecule has 0 bridgehead atoms. The molecule has 10 rings (SSSR count). The number of Topliss-reactive ketones (excluding diaryl/α,β-unsaturated/α-hetero) is 2. The van der Waals surface area contributed by atoms with E-state index in [0.717, 1.165) is 56.6 Å². The second-order valence-corrected chi connectivity index (χ2v) is 21.2. The van der Waals surface area contributed by atoms with Gasteiger partial charge in [-0.25, -0.2) is 9.59 Å². The van der Waals surface area contributed by atoms with Crippen molar-refractivity contribution in [1.82, 2.24) is 8.68 Å². The number of benzene rings is 6. The minimum absolute atomic E-state index is 0.176. The molecule has 78 heavy (non-hydrogen) atoms. The molecule has 2 aromatic heterocycles. The Balaban J connectivity index is 1.24. The lowest BCUT2D eigenvalue weighted by Gasteiger charge is -2.26. The number of ether oxygens (including phenoxy) is 4. The van der Waals surface area contributed by atoms with Crippen molar-refractivity contribution < 1.29 is 56.2 Å². The second-order valence-electron chi connectivity index (χ2n) is 18.7. The molecule has 2 aliphatic heterocycles. The van der Waals surface area contributed by atoms with Crippen LogP contribution in [0.25, 0.3) is 32.7 Å². The Morgan fingerprint density at radius 1 is 0.551 bits per heavy atom. The number of carbonyl (C=O) groups is 4. The van der Waals surface area contributed by atoms with E-state index in [9.17, 15) is 19.2 Å². The van der Waals surface area contributed by atoms with Crippen LogP contribution in [0.3, 0.4) is 0 Å². The van der Waals surface area contributed by atoms with Crippen LogP contribution in [0.4, 0.5) is 0 Å². The normalized spacial score (nSPS) is 14.1. The van der Waals surface area contributed by atoms with E-state index in [4.69, 9.17) is 37.0 Å². The zero-order valence-corrected chi connectivity index (χ0v) is 45.7. The van der Waals surface area contributed by atoms with Crippen LogP contribution < -0.4 is 37.0 Å². The average Bonchev–Trinajstić information content (AvgIpc) is 4.07. The number of ketones is 2. The van der Waals surface area contributed by atoms with Crippen molar-refractivity contribution in [3.63, 3.8) is 0 Å². The quantitative estimate of drug-likeness (QED) is 0.0280. The van der Waals surface area contributed by atoms with Crippen molar-refractivity contribution in [3.8, 4) is 57.1 Å². The standard InChI is InChI=1S/C62H54N2O12P2/c1-11-37-27-55(75-77-63-33-47(69-9)29-43(63)25-41-23-39(61(67)35(5)6)15-21-53(41)73-77)59(49-19-17-45(31-51(37)49)71-57(65)13-3)60-50-20-18-46(72-58(66)14-4)32-52(50)38(12-2)28-56(60)76-78-64-34-48(70-10)30-44(64)26-42-24-40(62(68)36(7)8)16-22-54(42)74-78/h13-24,27-34H,3-5,7,11-12,25-26H2,1-2,6,8-10H3. The van der Waals surface area contributed by atoms with Gasteiger partial charge in [0.1, 0.15) is 46.0 Å². The summed E-state index contributed by atoms with van der Waals surface area (Å²) in [6.07, 6.45) is 7.73. The van der Waals surface area contributed by atoms with Gasteiger partial charge in [-0.2, -0.15) is 0 Å². The minimum atomic E-state index is -2.09. The van der Waals surface area contributed by atoms with Crippen LogP contribution in [0.2, 0.25) is 0 Å². The van der Waals surface area contributed by atoms with Gasteiger partial charge < -0.3 is 37.0 Å². The maximum Gasteiger partial charge on any atom is 0.421 e. The summed E-state index contributed by atoms with van der Waals surface area (Å²) >= 11 is 0. The lowest BCUT2D eigenvalue weighted by atomic mass is 9.88. The maximum atomic E-state index is 13.2. The molecule has 0 saturated carbocycles. The highest BCUT2D eigenvalue weighted by atomic mass is 31.2. The second kappa shape index (κ2) is 21.7. The van der Waals surface area contributed by atoms with Crippen molar-refractivity contribution >= 4 is 62.1 Å². The van der Waals surface area contributed by atoms with Crippen molar-refractivity contribution in [2.45, 2.75) is 53.4 Å². The smallest absolute Gasteiger partial charge is 0.421 e. The molecule has 2 aliphatic rings. The van der Waals surface area contributed by atoms with Gasteiger partial charge in [0.2, 0.25) is 0 Å². The van der Waals surface area contributed by atoms with E-state index >= 15 is 0 Å². The number of aryl methyl sites for hydroxylation is 2. The van der Waals surface area contributed by atoms with Gasteiger partial charge >= 0.3 is 29.0 Å². The maximum absolute atomic E-state index is 13.2. The van der Waals surface area contributed by atoms with Crippen LogP contribution in [-0.4, -0.2) is 46.4 Å².